The van der Waals surface area contributed by atoms with E-state index in [-0.39, 0.29) is 12.4 Å². The average molecular weight is 385 g/mol. The van der Waals surface area contributed by atoms with E-state index >= 15 is 0 Å². The first-order valence-electron chi connectivity index (χ1n) is 9.84. The molecule has 0 saturated carbocycles. The number of aryl methyl sites for hydroxylation is 2. The van der Waals surface area contributed by atoms with Gasteiger partial charge in [-0.3, -0.25) is 9.69 Å². The number of halogens is 1. The van der Waals surface area contributed by atoms with Gasteiger partial charge in [-0.2, -0.15) is 0 Å². The Morgan fingerprint density at radius 3 is 1.93 bits per heavy atom. The molecular formula is C23H29ClN2O. The third-order valence-corrected chi connectivity index (χ3v) is 5.92. The highest BCUT2D eigenvalue weighted by atomic mass is 35.5. The van der Waals surface area contributed by atoms with E-state index in [1.54, 1.807) is 6.92 Å². The average Bonchev–Trinajstić information content (AvgIpc) is 2.84. The van der Waals surface area contributed by atoms with Crippen LogP contribution in [0.15, 0.2) is 48.5 Å². The maximum atomic E-state index is 11.3. The summed E-state index contributed by atoms with van der Waals surface area (Å²) in [4.78, 5) is 16.4. The van der Waals surface area contributed by atoms with Crippen LogP contribution < -0.4 is 0 Å². The van der Waals surface area contributed by atoms with Crippen molar-refractivity contribution in [3.8, 4) is 0 Å². The zero-order valence-electron chi connectivity index (χ0n) is 16.1. The van der Waals surface area contributed by atoms with Crippen LogP contribution in [0.3, 0.4) is 0 Å². The molecule has 0 amide bonds. The maximum Gasteiger partial charge on any atom is 0.131 e. The molecule has 4 rings (SSSR count). The molecule has 0 aromatic heterocycles. The van der Waals surface area contributed by atoms with Crippen molar-refractivity contribution in [3.05, 3.63) is 70.8 Å². The third kappa shape index (κ3) is 4.43. The van der Waals surface area contributed by atoms with Crippen molar-refractivity contribution >= 4 is 18.2 Å². The highest BCUT2D eigenvalue weighted by molar-refractivity contribution is 5.85. The number of carbonyl (C=O) groups excluding carboxylic acids is 1. The van der Waals surface area contributed by atoms with E-state index in [9.17, 15) is 4.79 Å². The van der Waals surface area contributed by atoms with Crippen LogP contribution in [-0.2, 0) is 17.6 Å². The summed E-state index contributed by atoms with van der Waals surface area (Å²) < 4.78 is 0. The zero-order valence-corrected chi connectivity index (χ0v) is 16.9. The van der Waals surface area contributed by atoms with Gasteiger partial charge in [0.1, 0.15) is 5.78 Å². The summed E-state index contributed by atoms with van der Waals surface area (Å²) >= 11 is 0. The molecule has 144 valence electrons. The normalized spacial score (nSPS) is 18.1. The first-order valence-corrected chi connectivity index (χ1v) is 9.84. The van der Waals surface area contributed by atoms with Gasteiger partial charge in [0.15, 0.2) is 0 Å². The van der Waals surface area contributed by atoms with E-state index in [0.717, 1.165) is 45.6 Å². The molecule has 2 aromatic rings. The lowest BCUT2D eigenvalue weighted by molar-refractivity contribution is -0.117. The molecule has 0 radical (unpaired) electrons. The molecule has 0 atom stereocenters. The number of hydrogen-bond acceptors (Lipinski definition) is 3. The Labute approximate surface area is 168 Å². The predicted octanol–water partition coefficient (Wildman–Crippen LogP) is 3.89. The van der Waals surface area contributed by atoms with E-state index in [1.807, 2.05) is 0 Å². The Hall–Kier alpha value is -1.68. The molecule has 2 aromatic carbocycles. The van der Waals surface area contributed by atoms with Gasteiger partial charge in [0, 0.05) is 39.1 Å². The molecule has 2 aliphatic rings. The molecule has 1 heterocycles. The van der Waals surface area contributed by atoms with Crippen molar-refractivity contribution in [2.45, 2.75) is 32.2 Å². The van der Waals surface area contributed by atoms with Gasteiger partial charge in [-0.1, -0.05) is 48.5 Å². The summed E-state index contributed by atoms with van der Waals surface area (Å²) in [6.07, 6.45) is 2.93. The topological polar surface area (TPSA) is 23.6 Å². The summed E-state index contributed by atoms with van der Waals surface area (Å²) in [5.41, 5.74) is 5.95. The van der Waals surface area contributed by atoms with Crippen molar-refractivity contribution in [2.75, 3.05) is 32.7 Å². The minimum atomic E-state index is 0. The number of carbonyl (C=O) groups is 1. The van der Waals surface area contributed by atoms with Crippen LogP contribution in [0.2, 0.25) is 0 Å². The fourth-order valence-corrected chi connectivity index (χ4v) is 4.45. The van der Waals surface area contributed by atoms with Crippen molar-refractivity contribution < 1.29 is 4.79 Å². The summed E-state index contributed by atoms with van der Waals surface area (Å²) in [6.45, 7) is 6.81. The molecule has 4 heteroatoms. The molecular weight excluding hydrogens is 356 g/mol. The van der Waals surface area contributed by atoms with Crippen LogP contribution in [0.25, 0.3) is 0 Å². The van der Waals surface area contributed by atoms with Gasteiger partial charge in [-0.15, -0.1) is 12.4 Å². The van der Waals surface area contributed by atoms with Crippen LogP contribution in [0.1, 0.15) is 41.6 Å². The molecule has 1 aliphatic carbocycles. The second kappa shape index (κ2) is 9.01. The number of rotatable bonds is 4. The molecule has 1 fully saturated rings. The Bertz CT molecular complexity index is 736. The predicted molar refractivity (Wildman–Crippen MR) is 113 cm³/mol. The van der Waals surface area contributed by atoms with Gasteiger partial charge < -0.3 is 4.90 Å². The molecule has 27 heavy (non-hydrogen) atoms. The number of Topliss-reactive ketones (excluding diaryl/α,β-unsaturated/α-hetero) is 1. The minimum absolute atomic E-state index is 0. The quantitative estimate of drug-likeness (QED) is 0.798. The lowest BCUT2D eigenvalue weighted by Crippen LogP contribution is -2.48. The lowest BCUT2D eigenvalue weighted by Gasteiger charge is -2.40. The van der Waals surface area contributed by atoms with Crippen LogP contribution in [0.5, 0.6) is 0 Å². The standard InChI is InChI=1S/C23H28N2O.ClH/c1-18(26)12-13-24-14-16-25(17-15-24)23-21-8-4-2-6-19(21)10-11-20-7-3-5-9-22(20)23;/h2-9,23H,10-17H2,1H3;1H. The summed E-state index contributed by atoms with van der Waals surface area (Å²) in [5, 5.41) is 0. The second-order valence-corrected chi connectivity index (χ2v) is 7.63. The first kappa shape index (κ1) is 20.1. The monoisotopic (exact) mass is 384 g/mol. The molecule has 1 aliphatic heterocycles. The summed E-state index contributed by atoms with van der Waals surface area (Å²) in [6, 6.07) is 18.3. The number of ketones is 1. The van der Waals surface area contributed by atoms with Gasteiger partial charge in [-0.25, -0.2) is 0 Å². The molecule has 0 spiro atoms. The van der Waals surface area contributed by atoms with Crippen molar-refractivity contribution in [3.63, 3.8) is 0 Å². The Kier molecular flexibility index (Phi) is 6.69. The van der Waals surface area contributed by atoms with E-state index in [1.165, 1.54) is 22.3 Å². The largest absolute Gasteiger partial charge is 0.300 e. The van der Waals surface area contributed by atoms with Crippen molar-refractivity contribution in [2.24, 2.45) is 0 Å². The van der Waals surface area contributed by atoms with E-state index in [0.29, 0.717) is 18.2 Å². The van der Waals surface area contributed by atoms with Crippen LogP contribution in [-0.4, -0.2) is 48.3 Å². The van der Waals surface area contributed by atoms with Crippen molar-refractivity contribution in [1.29, 1.82) is 0 Å². The smallest absolute Gasteiger partial charge is 0.131 e. The Morgan fingerprint density at radius 2 is 1.41 bits per heavy atom. The molecule has 0 N–H and O–H groups in total. The number of piperazine rings is 1. The lowest BCUT2D eigenvalue weighted by atomic mass is 9.92. The van der Waals surface area contributed by atoms with Gasteiger partial charge in [0.25, 0.3) is 0 Å². The highest BCUT2D eigenvalue weighted by Crippen LogP contribution is 2.37. The zero-order chi connectivity index (χ0) is 17.9. The van der Waals surface area contributed by atoms with Gasteiger partial charge >= 0.3 is 0 Å². The van der Waals surface area contributed by atoms with Gasteiger partial charge in [0.05, 0.1) is 6.04 Å². The molecule has 3 nitrogen and oxygen atoms in total. The fourth-order valence-electron chi connectivity index (χ4n) is 4.45. The summed E-state index contributed by atoms with van der Waals surface area (Å²) in [7, 11) is 0. The number of nitrogens with zero attached hydrogens (tertiary/aromatic N) is 2. The molecule has 0 unspecified atom stereocenters. The van der Waals surface area contributed by atoms with E-state index in [4.69, 9.17) is 0 Å². The molecule has 0 bridgehead atoms. The maximum absolute atomic E-state index is 11.3. The van der Waals surface area contributed by atoms with Gasteiger partial charge in [-0.05, 0) is 42.0 Å². The third-order valence-electron chi connectivity index (χ3n) is 5.92. The number of fused-ring (bicyclic) bond motifs is 2. The fraction of sp³-hybridized carbons (Fsp3) is 0.435. The SMILES string of the molecule is CC(=O)CCN1CCN(C2c3ccccc3CCc3ccccc32)CC1.Cl. The molecule has 1 saturated heterocycles. The van der Waals surface area contributed by atoms with Crippen LogP contribution >= 0.6 is 12.4 Å². The minimum Gasteiger partial charge on any atom is -0.300 e. The summed E-state index contributed by atoms with van der Waals surface area (Å²) in [5.74, 6) is 0.291. The van der Waals surface area contributed by atoms with E-state index < -0.39 is 0 Å². The Balaban J connectivity index is 0.00000210. The number of benzene rings is 2. The Morgan fingerprint density at radius 1 is 0.889 bits per heavy atom. The first-order chi connectivity index (χ1) is 12.7. The number of hydrogen-bond donors (Lipinski definition) is 0. The van der Waals surface area contributed by atoms with E-state index in [2.05, 4.69) is 58.3 Å². The van der Waals surface area contributed by atoms with Crippen LogP contribution in [0, 0.1) is 0 Å². The van der Waals surface area contributed by atoms with Crippen molar-refractivity contribution in [1.82, 2.24) is 9.80 Å². The second-order valence-electron chi connectivity index (χ2n) is 7.63. The highest BCUT2D eigenvalue weighted by Gasteiger charge is 2.30. The van der Waals surface area contributed by atoms with Gasteiger partial charge in [0.2, 0.25) is 0 Å². The van der Waals surface area contributed by atoms with Crippen LogP contribution in [0.4, 0.5) is 0 Å².